The number of hydrogen-bond donors (Lipinski definition) is 0. The first kappa shape index (κ1) is 39.5. The van der Waals surface area contributed by atoms with Crippen molar-refractivity contribution in [3.8, 4) is 11.5 Å². The van der Waals surface area contributed by atoms with E-state index in [-0.39, 0.29) is 63.0 Å². The number of pyridine rings is 2. The highest BCUT2D eigenvalue weighted by Crippen LogP contribution is 2.38. The predicted octanol–water partition coefficient (Wildman–Crippen LogP) is 5.04. The van der Waals surface area contributed by atoms with E-state index in [0.29, 0.717) is 9.04 Å². The van der Waals surface area contributed by atoms with Crippen LogP contribution >= 0.6 is 23.2 Å². The SMILES string of the molecule is CC(C)(C)OC(=O)CN(c1cc(C(=O)OCC(=O)O[C@@H](Cc2c(Cl)c[n+]([O-])cc2Cl)c2ccc(OC(F)F)c(OCC3CC3)c2)ccn1)S(=O)[O-]. The first-order valence-electron chi connectivity index (χ1n) is 15.2. The zero-order valence-electron chi connectivity index (χ0n) is 27.3. The van der Waals surface area contributed by atoms with Crippen molar-refractivity contribution in [2.45, 2.75) is 58.4 Å². The Morgan fingerprint density at radius 2 is 1.76 bits per heavy atom. The predicted molar refractivity (Wildman–Crippen MR) is 176 cm³/mol. The molecule has 14 nitrogen and oxygen atoms in total. The number of esters is 3. The standard InChI is InChI=1S/C32H33Cl2F2N3O11S/c1-32(2,3)50-28(40)15-39(51(44)45)27-11-20(8-9-37-27)30(42)47-17-29(41)48-25(12-21-22(33)13-38(43)14-23(21)34)19-6-7-24(49-31(35)36)26(10-19)46-16-18-4-5-18/h6-11,13-14,18,25,31H,4-5,12,15-17H2,1-3H3,(H,44,45)/p-1/t25-/m0/s1. The molecule has 3 aromatic rings. The van der Waals surface area contributed by atoms with E-state index in [4.69, 9.17) is 42.1 Å². The van der Waals surface area contributed by atoms with Crippen molar-refractivity contribution < 1.29 is 60.3 Å². The largest absolute Gasteiger partial charge is 0.755 e. The van der Waals surface area contributed by atoms with Crippen LogP contribution in [0.3, 0.4) is 0 Å². The van der Waals surface area contributed by atoms with Crippen LogP contribution in [0.4, 0.5) is 14.6 Å². The van der Waals surface area contributed by atoms with Gasteiger partial charge in [0.2, 0.25) is 0 Å². The second-order valence-corrected chi connectivity index (χ2v) is 13.8. The van der Waals surface area contributed by atoms with E-state index in [1.165, 1.54) is 24.3 Å². The van der Waals surface area contributed by atoms with Gasteiger partial charge in [-0.25, -0.2) is 14.6 Å². The zero-order chi connectivity index (χ0) is 37.5. The van der Waals surface area contributed by atoms with Crippen LogP contribution in [0.2, 0.25) is 10.0 Å². The van der Waals surface area contributed by atoms with Crippen LogP contribution in [0, 0.1) is 11.1 Å². The normalized spacial score (nSPS) is 14.0. The van der Waals surface area contributed by atoms with E-state index in [2.05, 4.69) is 9.72 Å². The summed E-state index contributed by atoms with van der Waals surface area (Å²) in [5, 5.41) is 11.7. The maximum atomic E-state index is 13.1. The molecule has 1 saturated carbocycles. The summed E-state index contributed by atoms with van der Waals surface area (Å²) in [5.41, 5.74) is -0.658. The second kappa shape index (κ2) is 17.3. The Morgan fingerprint density at radius 1 is 1.08 bits per heavy atom. The van der Waals surface area contributed by atoms with Gasteiger partial charge in [-0.1, -0.05) is 29.3 Å². The summed E-state index contributed by atoms with van der Waals surface area (Å²) in [7, 11) is 0. The smallest absolute Gasteiger partial charge is 0.387 e. The van der Waals surface area contributed by atoms with Gasteiger partial charge >= 0.3 is 24.5 Å². The van der Waals surface area contributed by atoms with Gasteiger partial charge in [-0.05, 0) is 69.4 Å². The lowest BCUT2D eigenvalue weighted by molar-refractivity contribution is -0.605. The van der Waals surface area contributed by atoms with E-state index < -0.39 is 60.6 Å². The second-order valence-electron chi connectivity index (χ2n) is 12.1. The van der Waals surface area contributed by atoms with Crippen molar-refractivity contribution in [2.75, 3.05) is 24.1 Å². The molecular weight excluding hydrogens is 743 g/mol. The van der Waals surface area contributed by atoms with Gasteiger partial charge in [0, 0.05) is 29.4 Å². The Bertz CT molecular complexity index is 1750. The molecule has 0 aliphatic heterocycles. The molecule has 1 aromatic carbocycles. The summed E-state index contributed by atoms with van der Waals surface area (Å²) < 4.78 is 77.2. The van der Waals surface area contributed by atoms with Crippen molar-refractivity contribution in [3.63, 3.8) is 0 Å². The summed E-state index contributed by atoms with van der Waals surface area (Å²) >= 11 is 9.56. The van der Waals surface area contributed by atoms with E-state index >= 15 is 0 Å². The summed E-state index contributed by atoms with van der Waals surface area (Å²) in [6.45, 7) is 0.227. The Hall–Kier alpha value is -4.32. The fraction of sp³-hybridized carbons (Fsp3) is 0.406. The molecule has 1 aliphatic rings. The Kier molecular flexibility index (Phi) is 13.4. The molecule has 2 heterocycles. The lowest BCUT2D eigenvalue weighted by atomic mass is 10.0. The van der Waals surface area contributed by atoms with Crippen molar-refractivity contribution in [1.82, 2.24) is 4.98 Å². The van der Waals surface area contributed by atoms with Gasteiger partial charge in [0.15, 0.2) is 30.5 Å². The minimum absolute atomic E-state index is 0.0388. The highest BCUT2D eigenvalue weighted by Gasteiger charge is 2.27. The van der Waals surface area contributed by atoms with Gasteiger partial charge in [0.1, 0.15) is 34.1 Å². The van der Waals surface area contributed by atoms with Crippen LogP contribution in [0.15, 0.2) is 48.9 Å². The lowest BCUT2D eigenvalue weighted by Gasteiger charge is -2.27. The number of carbonyl (C=O) groups excluding carboxylic acids is 3. The molecule has 1 fully saturated rings. The Morgan fingerprint density at radius 3 is 2.37 bits per heavy atom. The fourth-order valence-electron chi connectivity index (χ4n) is 4.45. The maximum Gasteiger partial charge on any atom is 0.387 e. The monoisotopic (exact) mass is 774 g/mol. The number of rotatable bonds is 16. The van der Waals surface area contributed by atoms with Gasteiger partial charge in [-0.3, -0.25) is 13.3 Å². The molecular formula is C32H32Cl2F2N3O11S-. The molecule has 2 atom stereocenters. The Balaban J connectivity index is 1.52. The summed E-state index contributed by atoms with van der Waals surface area (Å²) in [6, 6.07) is 6.14. The molecule has 0 spiro atoms. The molecule has 0 radical (unpaired) electrons. The minimum atomic E-state index is -3.14. The van der Waals surface area contributed by atoms with Crippen LogP contribution in [-0.4, -0.2) is 63.6 Å². The number of aromatic nitrogens is 2. The number of anilines is 1. The molecule has 0 bridgehead atoms. The molecule has 0 saturated heterocycles. The molecule has 1 unspecified atom stereocenters. The van der Waals surface area contributed by atoms with E-state index in [0.717, 1.165) is 37.5 Å². The fourth-order valence-corrected chi connectivity index (χ4v) is 5.51. The quantitative estimate of drug-likeness (QED) is 0.0623. The van der Waals surface area contributed by atoms with Gasteiger partial charge in [0.25, 0.3) is 0 Å². The third kappa shape index (κ3) is 12.2. The van der Waals surface area contributed by atoms with Crippen LogP contribution < -0.4 is 18.5 Å². The van der Waals surface area contributed by atoms with Crippen LogP contribution in [0.25, 0.3) is 0 Å². The van der Waals surface area contributed by atoms with Gasteiger partial charge < -0.3 is 33.4 Å². The number of halogens is 4. The molecule has 51 heavy (non-hydrogen) atoms. The van der Waals surface area contributed by atoms with Gasteiger partial charge in [-0.15, -0.1) is 0 Å². The first-order chi connectivity index (χ1) is 24.0. The van der Waals surface area contributed by atoms with E-state index in [9.17, 15) is 37.1 Å². The summed E-state index contributed by atoms with van der Waals surface area (Å²) in [5.74, 6) is -3.35. The number of carbonyl (C=O) groups is 3. The lowest BCUT2D eigenvalue weighted by Crippen LogP contribution is -2.36. The highest BCUT2D eigenvalue weighted by atomic mass is 35.5. The van der Waals surface area contributed by atoms with Gasteiger partial charge in [-0.2, -0.15) is 13.5 Å². The number of ether oxygens (including phenoxy) is 5. The average molecular weight is 776 g/mol. The van der Waals surface area contributed by atoms with E-state index in [1.807, 2.05) is 0 Å². The molecule has 0 N–H and O–H groups in total. The van der Waals surface area contributed by atoms with Crippen LogP contribution in [-0.2, 0) is 41.5 Å². The summed E-state index contributed by atoms with van der Waals surface area (Å²) in [6.07, 6.45) is 3.57. The Labute approximate surface area is 303 Å². The molecule has 19 heteroatoms. The number of benzene rings is 1. The minimum Gasteiger partial charge on any atom is -0.755 e. The van der Waals surface area contributed by atoms with Crippen LogP contribution in [0.1, 0.15) is 61.2 Å². The summed E-state index contributed by atoms with van der Waals surface area (Å²) in [4.78, 5) is 42.1. The van der Waals surface area contributed by atoms with Crippen molar-refractivity contribution in [2.24, 2.45) is 5.92 Å². The van der Waals surface area contributed by atoms with Gasteiger partial charge in [0.05, 0.1) is 12.2 Å². The topological polar surface area (TPSA) is 181 Å². The van der Waals surface area contributed by atoms with Crippen molar-refractivity contribution >= 4 is 58.2 Å². The third-order valence-electron chi connectivity index (χ3n) is 6.88. The molecule has 0 amide bonds. The average Bonchev–Trinajstić information content (AvgIpc) is 3.86. The number of nitrogens with zero attached hydrogens (tertiary/aromatic N) is 3. The van der Waals surface area contributed by atoms with Crippen LogP contribution in [0.5, 0.6) is 11.5 Å². The van der Waals surface area contributed by atoms with Crippen molar-refractivity contribution in [1.29, 1.82) is 0 Å². The number of alkyl halides is 2. The molecule has 276 valence electrons. The number of hydrogen-bond acceptors (Lipinski definition) is 12. The molecule has 1 aliphatic carbocycles. The maximum absolute atomic E-state index is 13.1. The zero-order valence-corrected chi connectivity index (χ0v) is 29.7. The third-order valence-corrected chi connectivity index (χ3v) is 8.21. The molecule has 2 aromatic heterocycles. The van der Waals surface area contributed by atoms with E-state index in [1.54, 1.807) is 20.8 Å². The first-order valence-corrected chi connectivity index (χ1v) is 17.0. The van der Waals surface area contributed by atoms with Crippen molar-refractivity contribution in [3.05, 3.63) is 80.9 Å². The molecule has 4 rings (SSSR count). The highest BCUT2D eigenvalue weighted by molar-refractivity contribution is 7.80.